The number of hydrogen-bond acceptors (Lipinski definition) is 5. The first kappa shape index (κ1) is 16.8. The van der Waals surface area contributed by atoms with Crippen molar-refractivity contribution >= 4 is 41.1 Å². The van der Waals surface area contributed by atoms with Gasteiger partial charge in [-0.2, -0.15) is 0 Å². The van der Waals surface area contributed by atoms with Gasteiger partial charge in [0.05, 0.1) is 5.03 Å². The summed E-state index contributed by atoms with van der Waals surface area (Å²) in [6.07, 6.45) is 0. The first-order chi connectivity index (χ1) is 11.4. The van der Waals surface area contributed by atoms with Gasteiger partial charge in [-0.05, 0) is 5.56 Å². The standard InChI is InChI=1S/C15H14ClN3O4S/c16-8-6-24-14-10(13(21)19(14)11(8)15(22)23)18-12(20)9(17)7-4-2-1-3-5-7/h1-5,9-10,14H,6,17H2,(H,18,20)(H,22,23)/t9-,10-,14?/m1/s1. The molecule has 0 radical (unpaired) electrons. The summed E-state index contributed by atoms with van der Waals surface area (Å²) in [5, 5.41) is 11.4. The molecule has 2 heterocycles. The first-order valence-corrected chi connectivity index (χ1v) is 8.52. The number of thioether (sulfide) groups is 1. The topological polar surface area (TPSA) is 113 Å². The molecule has 0 spiro atoms. The fourth-order valence-electron chi connectivity index (χ4n) is 2.64. The van der Waals surface area contributed by atoms with E-state index in [9.17, 15) is 19.5 Å². The summed E-state index contributed by atoms with van der Waals surface area (Å²) in [4.78, 5) is 36.9. The van der Waals surface area contributed by atoms with Crippen LogP contribution in [0, 0.1) is 0 Å². The molecule has 9 heteroatoms. The molecule has 7 nitrogen and oxygen atoms in total. The predicted octanol–water partition coefficient (Wildman–Crippen LogP) is 0.621. The van der Waals surface area contributed by atoms with Crippen molar-refractivity contribution in [1.82, 2.24) is 10.2 Å². The van der Waals surface area contributed by atoms with E-state index in [2.05, 4.69) is 5.32 Å². The molecular weight excluding hydrogens is 354 g/mol. The molecule has 0 bridgehead atoms. The molecule has 1 unspecified atom stereocenters. The van der Waals surface area contributed by atoms with Crippen molar-refractivity contribution in [2.75, 3.05) is 5.75 Å². The lowest BCUT2D eigenvalue weighted by atomic mass is 10.0. The van der Waals surface area contributed by atoms with Gasteiger partial charge in [0.15, 0.2) is 0 Å². The van der Waals surface area contributed by atoms with Gasteiger partial charge in [0.1, 0.15) is 23.2 Å². The van der Waals surface area contributed by atoms with Crippen LogP contribution in [0.2, 0.25) is 0 Å². The van der Waals surface area contributed by atoms with Gasteiger partial charge in [-0.15, -0.1) is 11.8 Å². The normalized spacial score (nSPS) is 24.1. The van der Waals surface area contributed by atoms with E-state index < -0.39 is 35.2 Å². The van der Waals surface area contributed by atoms with Gasteiger partial charge in [0, 0.05) is 5.75 Å². The molecule has 1 fully saturated rings. The highest BCUT2D eigenvalue weighted by Crippen LogP contribution is 2.41. The summed E-state index contributed by atoms with van der Waals surface area (Å²) in [7, 11) is 0. The summed E-state index contributed by atoms with van der Waals surface area (Å²) >= 11 is 7.20. The van der Waals surface area contributed by atoms with Gasteiger partial charge in [-0.3, -0.25) is 14.5 Å². The number of benzene rings is 1. The molecule has 1 saturated heterocycles. The lowest BCUT2D eigenvalue weighted by molar-refractivity contribution is -0.150. The minimum atomic E-state index is -1.26. The highest BCUT2D eigenvalue weighted by molar-refractivity contribution is 8.00. The number of carboxylic acids is 1. The average molecular weight is 368 g/mol. The summed E-state index contributed by atoms with van der Waals surface area (Å²) in [6.45, 7) is 0. The molecule has 1 aromatic rings. The highest BCUT2D eigenvalue weighted by Gasteiger charge is 2.54. The number of rotatable bonds is 4. The van der Waals surface area contributed by atoms with Crippen LogP contribution in [0.1, 0.15) is 11.6 Å². The zero-order valence-corrected chi connectivity index (χ0v) is 13.9. The summed E-state index contributed by atoms with van der Waals surface area (Å²) in [5.41, 5.74) is 6.32. The van der Waals surface area contributed by atoms with Crippen molar-refractivity contribution in [3.05, 3.63) is 46.6 Å². The summed E-state index contributed by atoms with van der Waals surface area (Å²) in [6, 6.07) is 7.07. The third kappa shape index (κ3) is 2.77. The molecule has 126 valence electrons. The molecule has 2 aliphatic heterocycles. The van der Waals surface area contributed by atoms with Crippen LogP contribution < -0.4 is 11.1 Å². The number of fused-ring (bicyclic) bond motifs is 1. The van der Waals surface area contributed by atoms with Crippen LogP contribution in [-0.4, -0.2) is 45.0 Å². The second-order valence-corrected chi connectivity index (χ2v) is 6.90. The van der Waals surface area contributed by atoms with E-state index in [0.29, 0.717) is 5.56 Å². The zero-order valence-electron chi connectivity index (χ0n) is 12.3. The number of halogens is 1. The molecule has 4 N–H and O–H groups in total. The van der Waals surface area contributed by atoms with E-state index in [1.54, 1.807) is 24.3 Å². The third-order valence-electron chi connectivity index (χ3n) is 3.86. The first-order valence-electron chi connectivity index (χ1n) is 7.09. The van der Waals surface area contributed by atoms with Crippen LogP contribution in [0.4, 0.5) is 0 Å². The quantitative estimate of drug-likeness (QED) is 0.672. The summed E-state index contributed by atoms with van der Waals surface area (Å²) in [5.74, 6) is -1.98. The fraction of sp³-hybridized carbons (Fsp3) is 0.267. The van der Waals surface area contributed by atoms with Crippen LogP contribution >= 0.6 is 23.4 Å². The SMILES string of the molecule is N[C@@H](C(=O)N[C@@H]1C(=O)N2C(C(=O)O)=C(Cl)CSC12)c1ccccc1. The molecule has 3 rings (SSSR count). The number of nitrogens with one attached hydrogen (secondary N) is 1. The number of carbonyl (C=O) groups excluding carboxylic acids is 2. The predicted molar refractivity (Wildman–Crippen MR) is 88.9 cm³/mol. The Labute approximate surface area is 146 Å². The van der Waals surface area contributed by atoms with E-state index in [1.165, 1.54) is 11.8 Å². The molecule has 24 heavy (non-hydrogen) atoms. The largest absolute Gasteiger partial charge is 0.477 e. The van der Waals surface area contributed by atoms with Crippen LogP contribution in [0.25, 0.3) is 0 Å². The Bertz CT molecular complexity index is 739. The molecule has 1 aromatic carbocycles. The Morgan fingerprint density at radius 2 is 2.04 bits per heavy atom. The molecule has 0 aromatic heterocycles. The maximum Gasteiger partial charge on any atom is 0.353 e. The Balaban J connectivity index is 1.71. The molecule has 0 saturated carbocycles. The van der Waals surface area contributed by atoms with Crippen molar-refractivity contribution in [3.8, 4) is 0 Å². The van der Waals surface area contributed by atoms with Gasteiger partial charge in [0.2, 0.25) is 5.91 Å². The second-order valence-electron chi connectivity index (χ2n) is 5.34. The smallest absolute Gasteiger partial charge is 0.353 e. The Hall–Kier alpha value is -2.03. The molecule has 2 aliphatic rings. The van der Waals surface area contributed by atoms with E-state index in [1.807, 2.05) is 6.07 Å². The maximum atomic E-state index is 12.3. The van der Waals surface area contributed by atoms with Crippen LogP contribution in [0.15, 0.2) is 41.1 Å². The minimum Gasteiger partial charge on any atom is -0.477 e. The molecular formula is C15H14ClN3O4S. The number of β-lactam (4-membered cyclic amide) rings is 1. The number of nitrogens with zero attached hydrogens (tertiary/aromatic N) is 1. The number of aliphatic carboxylic acids is 1. The number of carbonyl (C=O) groups is 3. The van der Waals surface area contributed by atoms with Crippen molar-refractivity contribution < 1.29 is 19.5 Å². The molecule has 2 amide bonds. The third-order valence-corrected chi connectivity index (χ3v) is 5.61. The van der Waals surface area contributed by atoms with Crippen LogP contribution in [0.3, 0.4) is 0 Å². The fourth-order valence-corrected chi connectivity index (χ4v) is 4.19. The lowest BCUT2D eigenvalue weighted by Crippen LogP contribution is -2.70. The number of carboxylic acid groups (broad SMARTS) is 1. The van der Waals surface area contributed by atoms with Gasteiger partial charge < -0.3 is 16.2 Å². The monoisotopic (exact) mass is 367 g/mol. The summed E-state index contributed by atoms with van der Waals surface area (Å²) < 4.78 is 0. The van der Waals surface area contributed by atoms with Gasteiger partial charge in [-0.25, -0.2) is 4.79 Å². The van der Waals surface area contributed by atoms with Crippen molar-refractivity contribution in [3.63, 3.8) is 0 Å². The van der Waals surface area contributed by atoms with Crippen molar-refractivity contribution in [1.29, 1.82) is 0 Å². The molecule has 0 aliphatic carbocycles. The second kappa shape index (κ2) is 6.46. The van der Waals surface area contributed by atoms with E-state index in [4.69, 9.17) is 17.3 Å². The maximum absolute atomic E-state index is 12.3. The number of hydrogen-bond donors (Lipinski definition) is 3. The van der Waals surface area contributed by atoms with Crippen molar-refractivity contribution in [2.45, 2.75) is 17.5 Å². The van der Waals surface area contributed by atoms with E-state index in [0.717, 1.165) is 4.90 Å². The highest BCUT2D eigenvalue weighted by atomic mass is 35.5. The van der Waals surface area contributed by atoms with Gasteiger partial charge in [0.25, 0.3) is 5.91 Å². The minimum absolute atomic E-state index is 0.114. The average Bonchev–Trinajstić information content (AvgIpc) is 2.59. The Morgan fingerprint density at radius 3 is 2.67 bits per heavy atom. The van der Waals surface area contributed by atoms with Crippen molar-refractivity contribution in [2.24, 2.45) is 5.73 Å². The molecule has 3 atom stereocenters. The number of amides is 2. The van der Waals surface area contributed by atoms with E-state index in [-0.39, 0.29) is 16.5 Å². The van der Waals surface area contributed by atoms with Gasteiger partial charge in [-0.1, -0.05) is 41.9 Å². The van der Waals surface area contributed by atoms with Crippen LogP contribution in [0.5, 0.6) is 0 Å². The lowest BCUT2D eigenvalue weighted by Gasteiger charge is -2.48. The van der Waals surface area contributed by atoms with Gasteiger partial charge >= 0.3 is 5.97 Å². The van der Waals surface area contributed by atoms with Crippen LogP contribution in [-0.2, 0) is 14.4 Å². The van der Waals surface area contributed by atoms with E-state index >= 15 is 0 Å². The Kier molecular flexibility index (Phi) is 4.53. The zero-order chi connectivity index (χ0) is 17.4. The Morgan fingerprint density at radius 1 is 1.38 bits per heavy atom. The number of nitrogens with two attached hydrogens (primary N) is 1.